The highest BCUT2D eigenvalue weighted by atomic mass is 16.1. The lowest BCUT2D eigenvalue weighted by atomic mass is 10.00. The highest BCUT2D eigenvalue weighted by Crippen LogP contribution is 2.24. The van der Waals surface area contributed by atoms with E-state index in [9.17, 15) is 33.6 Å². The molecule has 1 atom stereocenters. The van der Waals surface area contributed by atoms with Crippen molar-refractivity contribution < 1.29 is 33.6 Å². The summed E-state index contributed by atoms with van der Waals surface area (Å²) in [5.41, 5.74) is 0. The fourth-order valence-corrected chi connectivity index (χ4v) is 6.27. The van der Waals surface area contributed by atoms with Gasteiger partial charge in [-0.1, -0.05) is 109 Å². The second-order valence-electron chi connectivity index (χ2n) is 18.0. The van der Waals surface area contributed by atoms with Crippen LogP contribution in [0.15, 0.2) is 0 Å². The Labute approximate surface area is 398 Å². The second kappa shape index (κ2) is 53.2. The molecular formula is C54H109N3O7. The molecule has 10 nitrogen and oxygen atoms in total. The first-order valence-corrected chi connectivity index (χ1v) is 25.6. The van der Waals surface area contributed by atoms with Gasteiger partial charge in [0.1, 0.15) is 40.5 Å². The predicted octanol–water partition coefficient (Wildman–Crippen LogP) is 12.5. The van der Waals surface area contributed by atoms with Gasteiger partial charge < -0.3 is 0 Å². The Morgan fingerprint density at radius 3 is 0.844 bits per heavy atom. The lowest BCUT2D eigenvalue weighted by Crippen LogP contribution is -2.30. The molecule has 0 saturated heterocycles. The van der Waals surface area contributed by atoms with Crippen molar-refractivity contribution in [1.29, 1.82) is 0 Å². The van der Waals surface area contributed by atoms with E-state index in [1.807, 2.05) is 27.7 Å². The quantitative estimate of drug-likeness (QED) is 0.0785. The summed E-state index contributed by atoms with van der Waals surface area (Å²) in [4.78, 5) is 80.9. The van der Waals surface area contributed by atoms with Crippen LogP contribution in [0.3, 0.4) is 0 Å². The smallest absolute Gasteiger partial charge is 0.143 e. The molecule has 1 fully saturated rings. The zero-order valence-corrected chi connectivity index (χ0v) is 46.0. The Kier molecular flexibility index (Phi) is 60.8. The molecule has 0 amide bonds. The maximum Gasteiger partial charge on any atom is 0.143 e. The van der Waals surface area contributed by atoms with Crippen molar-refractivity contribution in [1.82, 2.24) is 14.7 Å². The Hall–Kier alpha value is -2.43. The van der Waals surface area contributed by atoms with Gasteiger partial charge in [0.05, 0.1) is 19.6 Å². The first-order chi connectivity index (χ1) is 30.0. The topological polar surface area (TPSA) is 129 Å². The Morgan fingerprint density at radius 1 is 0.422 bits per heavy atom. The molecule has 0 spiro atoms. The summed E-state index contributed by atoms with van der Waals surface area (Å²) in [6.07, 6.45) is 17.1. The second-order valence-corrected chi connectivity index (χ2v) is 18.0. The van der Waals surface area contributed by atoms with E-state index >= 15 is 0 Å². The van der Waals surface area contributed by atoms with Gasteiger partial charge in [0, 0.05) is 23.7 Å². The van der Waals surface area contributed by atoms with Crippen LogP contribution in [0.25, 0.3) is 0 Å². The highest BCUT2D eigenvalue weighted by Gasteiger charge is 2.18. The van der Waals surface area contributed by atoms with E-state index in [0.717, 1.165) is 97.1 Å². The van der Waals surface area contributed by atoms with E-state index in [4.69, 9.17) is 0 Å². The van der Waals surface area contributed by atoms with Gasteiger partial charge in [-0.15, -0.1) is 0 Å². The van der Waals surface area contributed by atoms with Crippen LogP contribution in [0.5, 0.6) is 0 Å². The Bertz CT molecular complexity index is 1070. The molecule has 1 unspecified atom stereocenters. The summed E-state index contributed by atoms with van der Waals surface area (Å²) in [6, 6.07) is 0. The third-order valence-electron chi connectivity index (χ3n) is 10.8. The van der Waals surface area contributed by atoms with Gasteiger partial charge in [-0.05, 0) is 158 Å². The van der Waals surface area contributed by atoms with Crippen LogP contribution in [-0.4, -0.2) is 114 Å². The molecule has 10 heteroatoms. The molecule has 0 aromatic carbocycles. The number of rotatable bonds is 27. The summed E-state index contributed by atoms with van der Waals surface area (Å²) in [5.74, 6) is 3.32. The monoisotopic (exact) mass is 912 g/mol. The van der Waals surface area contributed by atoms with E-state index < -0.39 is 0 Å². The van der Waals surface area contributed by atoms with Crippen molar-refractivity contribution in [3.63, 3.8) is 0 Å². The molecule has 0 N–H and O–H groups in total. The van der Waals surface area contributed by atoms with Gasteiger partial charge in [-0.3, -0.25) is 48.3 Å². The van der Waals surface area contributed by atoms with Gasteiger partial charge in [0.25, 0.3) is 0 Å². The maximum absolute atomic E-state index is 10.9. The fourth-order valence-electron chi connectivity index (χ4n) is 6.27. The van der Waals surface area contributed by atoms with E-state index in [-0.39, 0.29) is 35.0 Å². The number of nitrogens with zero attached hydrogens (tertiary/aromatic N) is 3. The summed E-state index contributed by atoms with van der Waals surface area (Å²) in [6.45, 7) is 44.6. The molecule has 1 rings (SSSR count). The van der Waals surface area contributed by atoms with Crippen molar-refractivity contribution in [3.05, 3.63) is 0 Å². The minimum atomic E-state index is 0.213. The number of hydrogen-bond donors (Lipinski definition) is 0. The summed E-state index contributed by atoms with van der Waals surface area (Å²) in [5, 5.41) is 0. The molecule has 0 aromatic heterocycles. The highest BCUT2D eigenvalue weighted by molar-refractivity contribution is 5.79. The molecule has 382 valence electrons. The molecule has 0 heterocycles. The van der Waals surface area contributed by atoms with E-state index in [1.165, 1.54) is 38.5 Å². The molecule has 64 heavy (non-hydrogen) atoms. The minimum absolute atomic E-state index is 0.213. The number of hydrogen-bond acceptors (Lipinski definition) is 10. The zero-order valence-electron chi connectivity index (χ0n) is 46.0. The molecule has 1 saturated carbocycles. The number of Topliss-reactive ketones (excluding diaryl/α,β-unsaturated/α-hetero) is 7. The third kappa shape index (κ3) is 59.6. The van der Waals surface area contributed by atoms with Crippen LogP contribution in [0, 0.1) is 23.7 Å². The normalized spacial score (nSPS) is 12.1. The fraction of sp³-hybridized carbons (Fsp3) is 0.870. The lowest BCUT2D eigenvalue weighted by Gasteiger charge is -2.19. The average molecular weight is 912 g/mol. The average Bonchev–Trinajstić information content (AvgIpc) is 3.76. The van der Waals surface area contributed by atoms with Gasteiger partial charge >= 0.3 is 0 Å². The van der Waals surface area contributed by atoms with Crippen molar-refractivity contribution >= 4 is 40.5 Å². The van der Waals surface area contributed by atoms with Gasteiger partial charge in [-0.25, -0.2) is 0 Å². The minimum Gasteiger partial charge on any atom is -0.300 e. The molecule has 0 aromatic rings. The van der Waals surface area contributed by atoms with Crippen molar-refractivity contribution in [2.45, 2.75) is 228 Å². The summed E-state index contributed by atoms with van der Waals surface area (Å²) < 4.78 is 0. The Morgan fingerprint density at radius 2 is 0.719 bits per heavy atom. The SMILES string of the molecule is CC(=O)C(C)C.CC(=O)C1CCCC1.CCC(C)C(C)=O.CCC(CC)C(C)=O.CCCCN(CCCC)CC(C)=O.CCCN(CCC)CC(C)=O.CCCN(CCC)CC(C)=O. The number of carbonyl (C=O) groups excluding carboxylic acids is 7. The Balaban J connectivity index is -0.000000155. The van der Waals surface area contributed by atoms with E-state index in [0.29, 0.717) is 48.8 Å². The molecule has 1 aliphatic rings. The van der Waals surface area contributed by atoms with Crippen molar-refractivity contribution in [2.24, 2.45) is 23.7 Å². The van der Waals surface area contributed by atoms with Crippen LogP contribution in [-0.2, 0) is 33.6 Å². The van der Waals surface area contributed by atoms with Gasteiger partial charge in [-0.2, -0.15) is 0 Å². The standard InChI is InChI=1S/C11H23NO.2C9H19NO.C7H12O.C7H14O.C6H12O.C5H10O/c1-4-6-8-12(9-7-5-2)10-11(3)13;2*1-4-6-10(7-5-2)8-9(3)11;1-6(8)7-4-2-3-5-7;1-4-7(5-2)6(3)8;1-4-5(2)6(3)7;1-4(2)5(3)6/h4-10H2,1-3H3;2*4-8H2,1-3H3;7H,2-5H2,1H3;7H,4-5H2,1-3H3;5H,4H2,1-3H3;4H,1-3H3. The van der Waals surface area contributed by atoms with Crippen LogP contribution < -0.4 is 0 Å². The molecule has 0 radical (unpaired) electrons. The number of unbranched alkanes of at least 4 members (excludes halogenated alkanes) is 2. The zero-order chi connectivity index (χ0) is 51.1. The van der Waals surface area contributed by atoms with Crippen molar-refractivity contribution in [2.75, 3.05) is 58.9 Å². The number of ketones is 7. The van der Waals surface area contributed by atoms with Gasteiger partial charge in [0.2, 0.25) is 0 Å². The van der Waals surface area contributed by atoms with E-state index in [2.05, 4.69) is 70.1 Å². The lowest BCUT2D eigenvalue weighted by molar-refractivity contribution is -0.121. The molecule has 0 bridgehead atoms. The largest absolute Gasteiger partial charge is 0.300 e. The van der Waals surface area contributed by atoms with E-state index in [1.54, 1.807) is 48.5 Å². The summed E-state index contributed by atoms with van der Waals surface area (Å²) in [7, 11) is 0. The maximum atomic E-state index is 10.9. The molecular weight excluding hydrogens is 803 g/mol. The predicted molar refractivity (Wildman–Crippen MR) is 275 cm³/mol. The van der Waals surface area contributed by atoms with Gasteiger partial charge in [0.15, 0.2) is 0 Å². The van der Waals surface area contributed by atoms with Crippen LogP contribution in [0.2, 0.25) is 0 Å². The first kappa shape index (κ1) is 73.1. The van der Waals surface area contributed by atoms with Crippen LogP contribution >= 0.6 is 0 Å². The first-order valence-electron chi connectivity index (χ1n) is 25.6. The molecule has 0 aliphatic heterocycles. The van der Waals surface area contributed by atoms with Crippen molar-refractivity contribution in [3.8, 4) is 0 Å². The summed E-state index contributed by atoms with van der Waals surface area (Å²) >= 11 is 0. The third-order valence-corrected chi connectivity index (χ3v) is 10.8. The van der Waals surface area contributed by atoms with Crippen LogP contribution in [0.4, 0.5) is 0 Å². The molecule has 1 aliphatic carbocycles. The number of carbonyl (C=O) groups is 7. The van der Waals surface area contributed by atoms with Crippen LogP contribution in [0.1, 0.15) is 228 Å².